The van der Waals surface area contributed by atoms with Crippen LogP contribution in [0.1, 0.15) is 57.4 Å². The number of hydrogen-bond donors (Lipinski definition) is 0. The molecule has 2 aliphatic heterocycles. The van der Waals surface area contributed by atoms with Crippen LogP contribution in [0.4, 0.5) is 0 Å². The van der Waals surface area contributed by atoms with Gasteiger partial charge in [0.2, 0.25) is 5.90 Å². The average molecular weight is 342 g/mol. The summed E-state index contributed by atoms with van der Waals surface area (Å²) in [6, 6.07) is 9.37. The highest BCUT2D eigenvalue weighted by molar-refractivity contribution is 5.95. The number of rotatable bonds is 6. The van der Waals surface area contributed by atoms with Gasteiger partial charge in [0, 0.05) is 18.2 Å². The van der Waals surface area contributed by atoms with E-state index in [9.17, 15) is 0 Å². The number of fused-ring (bicyclic) bond motifs is 1. The summed E-state index contributed by atoms with van der Waals surface area (Å²) in [5, 5.41) is 0. The molecule has 0 N–H and O–H groups in total. The van der Waals surface area contributed by atoms with E-state index in [0.29, 0.717) is 12.1 Å². The summed E-state index contributed by atoms with van der Waals surface area (Å²) >= 11 is 0. The van der Waals surface area contributed by atoms with Gasteiger partial charge in [-0.15, -0.1) is 0 Å². The van der Waals surface area contributed by atoms with Gasteiger partial charge >= 0.3 is 0 Å². The fraction of sp³-hybridized carbons (Fsp3) is 0.667. The first-order valence-electron chi connectivity index (χ1n) is 10.0. The van der Waals surface area contributed by atoms with Crippen molar-refractivity contribution in [1.29, 1.82) is 0 Å². The summed E-state index contributed by atoms with van der Waals surface area (Å²) < 4.78 is 12.0. The Bertz CT molecular complexity index is 598. The number of hydrogen-bond acceptors (Lipinski definition) is 4. The average Bonchev–Trinajstić information content (AvgIpc) is 3.25. The minimum absolute atomic E-state index is 0.313. The van der Waals surface area contributed by atoms with Crippen LogP contribution in [0.25, 0.3) is 0 Å². The second kappa shape index (κ2) is 7.77. The maximum Gasteiger partial charge on any atom is 0.216 e. The molecule has 1 aliphatic carbocycles. The van der Waals surface area contributed by atoms with Gasteiger partial charge in [0.25, 0.3) is 0 Å². The van der Waals surface area contributed by atoms with Crippen LogP contribution < -0.4 is 4.74 Å². The molecule has 4 heteroatoms. The molecule has 0 aromatic heterocycles. The lowest BCUT2D eigenvalue weighted by molar-refractivity contribution is 0.153. The quantitative estimate of drug-likeness (QED) is 0.732. The monoisotopic (exact) mass is 342 g/mol. The number of likely N-dealkylation sites (tertiary alicyclic amines) is 1. The predicted octanol–water partition coefficient (Wildman–Crippen LogP) is 4.03. The summed E-state index contributed by atoms with van der Waals surface area (Å²) in [5.74, 6) is 1.76. The second-order valence-electron chi connectivity index (χ2n) is 7.70. The standard InChI is InChI=1S/C21H30N2O2/c1-16-6-4-13-23(16)14-5-15-24-18-11-9-17(10-12-18)21-22-19-7-2-3-8-20(19)25-21/h9-12,16,19-20H,2-8,13-15H2,1H3/t16?,19-,20-/m1/s1. The molecule has 0 amide bonds. The molecule has 1 aromatic carbocycles. The molecule has 4 nitrogen and oxygen atoms in total. The minimum atomic E-state index is 0.313. The number of ether oxygens (including phenoxy) is 2. The Hall–Kier alpha value is -1.55. The summed E-state index contributed by atoms with van der Waals surface area (Å²) in [7, 11) is 0. The van der Waals surface area contributed by atoms with Gasteiger partial charge in [-0.05, 0) is 76.3 Å². The molecule has 25 heavy (non-hydrogen) atoms. The summed E-state index contributed by atoms with van der Waals surface area (Å²) in [4.78, 5) is 7.36. The summed E-state index contributed by atoms with van der Waals surface area (Å²) in [6.07, 6.45) is 8.96. The van der Waals surface area contributed by atoms with Crippen molar-refractivity contribution in [2.75, 3.05) is 19.7 Å². The normalized spacial score (nSPS) is 29.2. The first-order valence-corrected chi connectivity index (χ1v) is 10.0. The lowest BCUT2D eigenvalue weighted by Crippen LogP contribution is -2.28. The Morgan fingerprint density at radius 2 is 1.96 bits per heavy atom. The summed E-state index contributed by atoms with van der Waals surface area (Å²) in [6.45, 7) is 5.51. The molecular formula is C21H30N2O2. The SMILES string of the molecule is CC1CCCN1CCCOc1ccc(C2=N[C@@H]3CCCC[C@H]3O2)cc1. The smallest absolute Gasteiger partial charge is 0.216 e. The number of benzene rings is 1. The molecular weight excluding hydrogens is 312 g/mol. The van der Waals surface area contributed by atoms with Crippen molar-refractivity contribution in [3.63, 3.8) is 0 Å². The van der Waals surface area contributed by atoms with Crippen LogP contribution in [0.2, 0.25) is 0 Å². The van der Waals surface area contributed by atoms with E-state index in [-0.39, 0.29) is 0 Å². The number of aliphatic imine (C=N–C) groups is 1. The van der Waals surface area contributed by atoms with E-state index in [1.807, 2.05) is 12.1 Å². The zero-order valence-corrected chi connectivity index (χ0v) is 15.3. The fourth-order valence-corrected chi connectivity index (χ4v) is 4.31. The van der Waals surface area contributed by atoms with Gasteiger partial charge in [-0.25, -0.2) is 4.99 Å². The molecule has 136 valence electrons. The van der Waals surface area contributed by atoms with E-state index < -0.39 is 0 Å². The van der Waals surface area contributed by atoms with Crippen LogP contribution in [0, 0.1) is 0 Å². The van der Waals surface area contributed by atoms with Crippen LogP contribution in [-0.2, 0) is 4.74 Å². The van der Waals surface area contributed by atoms with Crippen LogP contribution in [0.3, 0.4) is 0 Å². The molecule has 3 aliphatic rings. The maximum absolute atomic E-state index is 6.06. The van der Waals surface area contributed by atoms with Crippen LogP contribution in [0.5, 0.6) is 5.75 Å². The van der Waals surface area contributed by atoms with Crippen molar-refractivity contribution < 1.29 is 9.47 Å². The zero-order chi connectivity index (χ0) is 17.1. The van der Waals surface area contributed by atoms with Crippen molar-refractivity contribution in [1.82, 2.24) is 4.90 Å². The molecule has 1 aromatic rings. The van der Waals surface area contributed by atoms with E-state index in [2.05, 4.69) is 24.0 Å². The molecule has 0 bridgehead atoms. The molecule has 1 saturated carbocycles. The van der Waals surface area contributed by atoms with Crippen molar-refractivity contribution >= 4 is 5.90 Å². The lowest BCUT2D eigenvalue weighted by atomic mass is 9.94. The van der Waals surface area contributed by atoms with Crippen LogP contribution in [-0.4, -0.2) is 48.7 Å². The zero-order valence-electron chi connectivity index (χ0n) is 15.3. The highest BCUT2D eigenvalue weighted by Gasteiger charge is 2.33. The van der Waals surface area contributed by atoms with E-state index >= 15 is 0 Å². The lowest BCUT2D eigenvalue weighted by Gasteiger charge is -2.21. The van der Waals surface area contributed by atoms with Gasteiger partial charge in [0.05, 0.1) is 12.6 Å². The molecule has 3 atom stereocenters. The van der Waals surface area contributed by atoms with Gasteiger partial charge < -0.3 is 14.4 Å². The highest BCUT2D eigenvalue weighted by Crippen LogP contribution is 2.30. The van der Waals surface area contributed by atoms with E-state index in [0.717, 1.165) is 49.2 Å². The third-order valence-electron chi connectivity index (χ3n) is 5.86. The van der Waals surface area contributed by atoms with Gasteiger partial charge in [-0.2, -0.15) is 0 Å². The largest absolute Gasteiger partial charge is 0.494 e. The topological polar surface area (TPSA) is 34.1 Å². The third-order valence-corrected chi connectivity index (χ3v) is 5.86. The molecule has 2 heterocycles. The molecule has 0 radical (unpaired) electrons. The molecule has 2 fully saturated rings. The predicted molar refractivity (Wildman–Crippen MR) is 100 cm³/mol. The number of nitrogens with zero attached hydrogens (tertiary/aromatic N) is 2. The molecule has 0 spiro atoms. The Morgan fingerprint density at radius 3 is 2.72 bits per heavy atom. The van der Waals surface area contributed by atoms with E-state index in [1.165, 1.54) is 38.6 Å². The van der Waals surface area contributed by atoms with E-state index in [4.69, 9.17) is 14.5 Å². The Morgan fingerprint density at radius 1 is 1.12 bits per heavy atom. The van der Waals surface area contributed by atoms with Crippen molar-refractivity contribution in [2.45, 2.75) is 70.1 Å². The third kappa shape index (κ3) is 4.00. The highest BCUT2D eigenvalue weighted by atomic mass is 16.5. The van der Waals surface area contributed by atoms with Gasteiger partial charge in [0.1, 0.15) is 11.9 Å². The minimum Gasteiger partial charge on any atom is -0.494 e. The fourth-order valence-electron chi connectivity index (χ4n) is 4.31. The van der Waals surface area contributed by atoms with Crippen molar-refractivity contribution in [3.05, 3.63) is 29.8 Å². The van der Waals surface area contributed by atoms with Gasteiger partial charge in [-0.3, -0.25) is 0 Å². The summed E-state index contributed by atoms with van der Waals surface area (Å²) in [5.41, 5.74) is 1.08. The first kappa shape index (κ1) is 16.9. The maximum atomic E-state index is 6.06. The van der Waals surface area contributed by atoms with Crippen LogP contribution in [0.15, 0.2) is 29.3 Å². The Kier molecular flexibility index (Phi) is 5.25. The first-order chi connectivity index (χ1) is 12.3. The molecule has 1 unspecified atom stereocenters. The molecule has 4 rings (SSSR count). The van der Waals surface area contributed by atoms with Crippen LogP contribution >= 0.6 is 0 Å². The van der Waals surface area contributed by atoms with Gasteiger partial charge in [0.15, 0.2) is 0 Å². The van der Waals surface area contributed by atoms with Crippen molar-refractivity contribution in [2.24, 2.45) is 4.99 Å². The Labute approximate surface area is 151 Å². The second-order valence-corrected chi connectivity index (χ2v) is 7.70. The molecule has 1 saturated heterocycles. The van der Waals surface area contributed by atoms with Gasteiger partial charge in [-0.1, -0.05) is 6.42 Å². The Balaban J connectivity index is 1.25. The van der Waals surface area contributed by atoms with Crippen molar-refractivity contribution in [3.8, 4) is 5.75 Å². The van der Waals surface area contributed by atoms with E-state index in [1.54, 1.807) is 0 Å².